The summed E-state index contributed by atoms with van der Waals surface area (Å²) in [6, 6.07) is 30.5. The van der Waals surface area contributed by atoms with Crippen LogP contribution in [-0.4, -0.2) is 15.9 Å². The van der Waals surface area contributed by atoms with Gasteiger partial charge in [0.15, 0.2) is 5.16 Å². The zero-order valence-electron chi connectivity index (χ0n) is 16.4. The van der Waals surface area contributed by atoms with E-state index in [1.54, 1.807) is 12.1 Å². The molecular formula is C24H17N2NaO2S. The number of carbonyl (C=O) groups is 1. The van der Waals surface area contributed by atoms with E-state index >= 15 is 0 Å². The molecule has 0 fully saturated rings. The van der Waals surface area contributed by atoms with Crippen molar-refractivity contribution < 1.29 is 39.5 Å². The SMILES string of the molecule is O=C([O-])C(Sc1nc(-c2ccccc2)cc(-c2ccccc2)n1)c1ccccc1.[Na+]. The molecule has 3 aromatic carbocycles. The van der Waals surface area contributed by atoms with Gasteiger partial charge in [-0.1, -0.05) is 103 Å². The summed E-state index contributed by atoms with van der Waals surface area (Å²) >= 11 is 1.08. The number of aromatic nitrogens is 2. The number of carboxylic acid groups (broad SMARTS) is 1. The van der Waals surface area contributed by atoms with Crippen molar-refractivity contribution in [2.24, 2.45) is 0 Å². The number of rotatable bonds is 6. The van der Waals surface area contributed by atoms with Crippen LogP contribution in [0, 0.1) is 0 Å². The second-order valence-corrected chi connectivity index (χ2v) is 7.45. The van der Waals surface area contributed by atoms with E-state index < -0.39 is 11.2 Å². The number of hydrogen-bond acceptors (Lipinski definition) is 5. The van der Waals surface area contributed by atoms with Crippen LogP contribution in [0.1, 0.15) is 10.8 Å². The molecule has 0 saturated heterocycles. The standard InChI is InChI=1S/C24H18N2O2S.Na/c27-23(28)22(19-14-8-3-9-15-19)29-24-25-20(17-10-4-1-5-11-17)16-21(26-24)18-12-6-2-7-13-18;/h1-16,22H,(H,27,28);/q;+1/p-1. The molecule has 0 amide bonds. The van der Waals surface area contributed by atoms with Crippen LogP contribution in [0.2, 0.25) is 0 Å². The first-order valence-electron chi connectivity index (χ1n) is 9.13. The molecule has 0 radical (unpaired) electrons. The molecule has 30 heavy (non-hydrogen) atoms. The van der Waals surface area contributed by atoms with Crippen molar-refractivity contribution in [2.45, 2.75) is 10.4 Å². The van der Waals surface area contributed by atoms with E-state index in [4.69, 9.17) is 0 Å². The molecule has 0 aliphatic heterocycles. The van der Waals surface area contributed by atoms with Gasteiger partial charge in [0.05, 0.1) is 22.6 Å². The molecular weight excluding hydrogens is 403 g/mol. The van der Waals surface area contributed by atoms with E-state index in [2.05, 4.69) is 9.97 Å². The zero-order chi connectivity index (χ0) is 20.1. The molecule has 1 atom stereocenters. The van der Waals surface area contributed by atoms with E-state index in [1.165, 1.54) is 0 Å². The first kappa shape index (κ1) is 22.2. The monoisotopic (exact) mass is 420 g/mol. The van der Waals surface area contributed by atoms with E-state index in [0.29, 0.717) is 10.7 Å². The summed E-state index contributed by atoms with van der Waals surface area (Å²) in [6.07, 6.45) is 0. The van der Waals surface area contributed by atoms with Gasteiger partial charge in [-0.3, -0.25) is 0 Å². The molecule has 1 aromatic heterocycles. The quantitative estimate of drug-likeness (QED) is 0.268. The van der Waals surface area contributed by atoms with Gasteiger partial charge in [-0.05, 0) is 11.6 Å². The van der Waals surface area contributed by atoms with Gasteiger partial charge in [-0.25, -0.2) is 9.97 Å². The smallest absolute Gasteiger partial charge is 0.549 e. The van der Waals surface area contributed by atoms with Crippen LogP contribution < -0.4 is 34.7 Å². The van der Waals surface area contributed by atoms with Gasteiger partial charge in [0.1, 0.15) is 0 Å². The fourth-order valence-electron chi connectivity index (χ4n) is 2.98. The van der Waals surface area contributed by atoms with Crippen molar-refractivity contribution in [3.63, 3.8) is 0 Å². The maximum atomic E-state index is 11.8. The summed E-state index contributed by atoms with van der Waals surface area (Å²) in [7, 11) is 0. The Bertz CT molecular complexity index is 1050. The number of carbonyl (C=O) groups excluding carboxylic acids is 1. The number of carboxylic acids is 1. The van der Waals surface area contributed by atoms with Gasteiger partial charge in [-0.15, -0.1) is 0 Å². The molecule has 0 bridgehead atoms. The van der Waals surface area contributed by atoms with Crippen molar-refractivity contribution >= 4 is 17.7 Å². The van der Waals surface area contributed by atoms with Crippen LogP contribution in [0.3, 0.4) is 0 Å². The zero-order valence-corrected chi connectivity index (χ0v) is 19.3. The van der Waals surface area contributed by atoms with Gasteiger partial charge < -0.3 is 9.90 Å². The second-order valence-electron chi connectivity index (χ2n) is 6.38. The third-order valence-corrected chi connectivity index (χ3v) is 5.48. The summed E-state index contributed by atoms with van der Waals surface area (Å²) in [5, 5.41) is 11.3. The van der Waals surface area contributed by atoms with Gasteiger partial charge >= 0.3 is 29.6 Å². The van der Waals surface area contributed by atoms with Crippen molar-refractivity contribution in [3.05, 3.63) is 103 Å². The Morgan fingerprint density at radius 1 is 0.733 bits per heavy atom. The molecule has 0 N–H and O–H groups in total. The molecule has 0 saturated carbocycles. The summed E-state index contributed by atoms with van der Waals surface area (Å²) in [6.45, 7) is 0. The minimum Gasteiger partial charge on any atom is -0.549 e. The molecule has 6 heteroatoms. The molecule has 0 spiro atoms. The average molecular weight is 420 g/mol. The Morgan fingerprint density at radius 2 is 1.17 bits per heavy atom. The largest absolute Gasteiger partial charge is 1.00 e. The van der Waals surface area contributed by atoms with Crippen LogP contribution >= 0.6 is 11.8 Å². The second kappa shape index (κ2) is 10.5. The van der Waals surface area contributed by atoms with Crippen molar-refractivity contribution in [3.8, 4) is 22.5 Å². The predicted octanol–water partition coefficient (Wildman–Crippen LogP) is 1.40. The summed E-state index contributed by atoms with van der Waals surface area (Å²) < 4.78 is 0. The normalized spacial score (nSPS) is 11.3. The Kier molecular flexibility index (Phi) is 7.82. The van der Waals surface area contributed by atoms with E-state index in [0.717, 1.165) is 34.3 Å². The fourth-order valence-corrected chi connectivity index (χ4v) is 3.88. The van der Waals surface area contributed by atoms with Crippen LogP contribution in [-0.2, 0) is 4.79 Å². The van der Waals surface area contributed by atoms with Crippen LogP contribution in [0.4, 0.5) is 0 Å². The fraction of sp³-hybridized carbons (Fsp3) is 0.0417. The molecule has 0 aliphatic carbocycles. The Balaban J connectivity index is 0.00000256. The number of nitrogens with zero attached hydrogens (tertiary/aromatic N) is 2. The minimum atomic E-state index is -1.17. The topological polar surface area (TPSA) is 65.9 Å². The minimum absolute atomic E-state index is 0. The van der Waals surface area contributed by atoms with Gasteiger partial charge in [0, 0.05) is 11.1 Å². The Morgan fingerprint density at radius 3 is 1.60 bits per heavy atom. The van der Waals surface area contributed by atoms with E-state index in [-0.39, 0.29) is 29.6 Å². The number of thioether (sulfide) groups is 1. The van der Waals surface area contributed by atoms with Crippen LogP contribution in [0.5, 0.6) is 0 Å². The van der Waals surface area contributed by atoms with Gasteiger partial charge in [-0.2, -0.15) is 0 Å². The molecule has 142 valence electrons. The first-order valence-corrected chi connectivity index (χ1v) is 10.0. The molecule has 4 rings (SSSR count). The van der Waals surface area contributed by atoms with Crippen molar-refractivity contribution in [1.82, 2.24) is 9.97 Å². The van der Waals surface area contributed by atoms with E-state index in [1.807, 2.05) is 84.9 Å². The number of hydrogen-bond donors (Lipinski definition) is 0. The van der Waals surface area contributed by atoms with E-state index in [9.17, 15) is 9.90 Å². The predicted molar refractivity (Wildman–Crippen MR) is 113 cm³/mol. The molecule has 4 nitrogen and oxygen atoms in total. The van der Waals surface area contributed by atoms with Gasteiger partial charge in [0.2, 0.25) is 0 Å². The van der Waals surface area contributed by atoms with Crippen LogP contribution in [0.15, 0.2) is 102 Å². The third-order valence-electron chi connectivity index (χ3n) is 4.38. The molecule has 0 aliphatic rings. The molecule has 4 aromatic rings. The van der Waals surface area contributed by atoms with Crippen LogP contribution in [0.25, 0.3) is 22.5 Å². The first-order chi connectivity index (χ1) is 14.2. The van der Waals surface area contributed by atoms with Crippen molar-refractivity contribution in [2.75, 3.05) is 0 Å². The number of benzene rings is 3. The maximum Gasteiger partial charge on any atom is 1.00 e. The summed E-state index contributed by atoms with van der Waals surface area (Å²) in [4.78, 5) is 21.1. The summed E-state index contributed by atoms with van der Waals surface area (Å²) in [5.41, 5.74) is 4.02. The third kappa shape index (κ3) is 5.37. The Hall–Kier alpha value is -2.44. The maximum absolute atomic E-state index is 11.8. The summed E-state index contributed by atoms with van der Waals surface area (Å²) in [5.74, 6) is -1.17. The van der Waals surface area contributed by atoms with Crippen molar-refractivity contribution in [1.29, 1.82) is 0 Å². The number of aliphatic carboxylic acids is 1. The average Bonchev–Trinajstić information content (AvgIpc) is 2.79. The molecule has 1 heterocycles. The molecule has 1 unspecified atom stereocenters. The Labute approximate surface area is 201 Å². The van der Waals surface area contributed by atoms with Gasteiger partial charge in [0.25, 0.3) is 0 Å².